The van der Waals surface area contributed by atoms with Crippen LogP contribution < -0.4 is 21.5 Å². The second-order valence-corrected chi connectivity index (χ2v) is 21.5. The standard InChI is InChI=1S/C47H47F4N8O7P/c1-25-19-33(20-26(2)40(25)48)59-41(57-16-15-56(45(57)62)32-8-10-38(67(5,6)63)37(23-32)65-47(49,50)51)39-28(4)55(14-11-34(39)53-59)42(60)36-22-31-21-30(29-12-17-64-18-13-29)7-9-35(31)58(36)46(24-27(46)3)43-52-44(61)66-54-43/h7-10,15-16,19-23,27-29H,11-14,17-18,24H2,1-6H3,(H,52,54,61)/t27-,28-,46-/m0/s1. The molecule has 4 aromatic heterocycles. The van der Waals surface area contributed by atoms with Crippen LogP contribution in [0.4, 0.5) is 17.6 Å². The molecule has 1 aliphatic carbocycles. The van der Waals surface area contributed by atoms with Gasteiger partial charge in [-0.05, 0) is 124 Å². The van der Waals surface area contributed by atoms with Gasteiger partial charge in [-0.15, -0.1) is 13.2 Å². The van der Waals surface area contributed by atoms with Gasteiger partial charge in [0.2, 0.25) is 0 Å². The van der Waals surface area contributed by atoms with Gasteiger partial charge in [0.15, 0.2) is 5.82 Å². The fourth-order valence-electron chi connectivity index (χ4n) is 10.3. The summed E-state index contributed by atoms with van der Waals surface area (Å²) in [5.74, 6) is -1.37. The molecule has 1 saturated carbocycles. The lowest BCUT2D eigenvalue weighted by Crippen LogP contribution is -2.41. The third-order valence-corrected chi connectivity index (χ3v) is 15.2. The number of hydrogen-bond donors (Lipinski definition) is 1. The third kappa shape index (κ3) is 7.46. The number of aryl methyl sites for hydroxylation is 2. The number of aromatic amines is 1. The number of nitrogens with zero attached hydrogens (tertiary/aromatic N) is 7. The molecule has 0 radical (unpaired) electrons. The molecule has 67 heavy (non-hydrogen) atoms. The van der Waals surface area contributed by atoms with Crippen molar-refractivity contribution in [3.05, 3.63) is 133 Å². The van der Waals surface area contributed by atoms with Crippen LogP contribution in [0.15, 0.2) is 81.1 Å². The van der Waals surface area contributed by atoms with Gasteiger partial charge in [0.25, 0.3) is 5.91 Å². The third-order valence-electron chi connectivity index (χ3n) is 13.7. The Morgan fingerprint density at radius 1 is 0.955 bits per heavy atom. The summed E-state index contributed by atoms with van der Waals surface area (Å²) in [5, 5.41) is 9.81. The first-order chi connectivity index (χ1) is 31.7. The van der Waals surface area contributed by atoms with Crippen molar-refractivity contribution in [1.29, 1.82) is 0 Å². The van der Waals surface area contributed by atoms with Crippen LogP contribution in [0, 0.1) is 25.6 Å². The van der Waals surface area contributed by atoms with E-state index in [-0.39, 0.29) is 47.5 Å². The normalized spacial score (nSPS) is 20.1. The van der Waals surface area contributed by atoms with E-state index >= 15 is 9.18 Å². The highest BCUT2D eigenvalue weighted by Gasteiger charge is 2.59. The molecule has 20 heteroatoms. The van der Waals surface area contributed by atoms with E-state index in [9.17, 15) is 27.3 Å². The zero-order valence-electron chi connectivity index (χ0n) is 37.5. The molecule has 3 aromatic carbocycles. The minimum absolute atomic E-state index is 0.00273. The van der Waals surface area contributed by atoms with Crippen molar-refractivity contribution in [2.24, 2.45) is 5.92 Å². The summed E-state index contributed by atoms with van der Waals surface area (Å²) in [4.78, 5) is 47.0. The van der Waals surface area contributed by atoms with Gasteiger partial charge in [-0.25, -0.2) is 18.7 Å². The van der Waals surface area contributed by atoms with Crippen molar-refractivity contribution >= 4 is 29.3 Å². The monoisotopic (exact) mass is 942 g/mol. The number of H-pyrrole nitrogens is 1. The first kappa shape index (κ1) is 44.4. The molecule has 0 spiro atoms. The van der Waals surface area contributed by atoms with E-state index in [1.54, 1.807) is 30.9 Å². The smallest absolute Gasteiger partial charge is 0.405 e. The molecule has 3 aliphatic rings. The molecular formula is C47H47F4N8O7P. The fraction of sp³-hybridized carbons (Fsp3) is 0.383. The van der Waals surface area contributed by atoms with E-state index in [0.717, 1.165) is 39.9 Å². The zero-order valence-corrected chi connectivity index (χ0v) is 38.4. The fourth-order valence-corrected chi connectivity index (χ4v) is 11.3. The number of carbonyl (C=O) groups excluding carboxylic acids is 1. The Labute approximate surface area is 380 Å². The Morgan fingerprint density at radius 3 is 2.30 bits per heavy atom. The Balaban J connectivity index is 1.12. The van der Waals surface area contributed by atoms with Gasteiger partial charge in [0.1, 0.15) is 35.8 Å². The number of ether oxygens (including phenoxy) is 2. The zero-order chi connectivity index (χ0) is 47.5. The first-order valence-corrected chi connectivity index (χ1v) is 24.6. The van der Waals surface area contributed by atoms with Crippen molar-refractivity contribution in [2.75, 3.05) is 33.1 Å². The van der Waals surface area contributed by atoms with Crippen LogP contribution >= 0.6 is 7.14 Å². The second kappa shape index (κ2) is 15.8. The van der Waals surface area contributed by atoms with Gasteiger partial charge in [0.05, 0.1) is 28.4 Å². The average molecular weight is 943 g/mol. The number of hydrogen-bond acceptors (Lipinski definition) is 9. The summed E-state index contributed by atoms with van der Waals surface area (Å²) in [6, 6.07) is 14.2. The van der Waals surface area contributed by atoms with Gasteiger partial charge in [0, 0.05) is 61.1 Å². The Morgan fingerprint density at radius 2 is 1.66 bits per heavy atom. The predicted octanol–water partition coefficient (Wildman–Crippen LogP) is 7.78. The quantitative estimate of drug-likeness (QED) is 0.112. The molecule has 1 saturated heterocycles. The molecule has 2 aliphatic heterocycles. The number of halogens is 4. The van der Waals surface area contributed by atoms with Crippen molar-refractivity contribution in [3.8, 4) is 22.9 Å². The molecule has 15 nitrogen and oxygen atoms in total. The molecule has 10 rings (SSSR count). The number of amides is 1. The van der Waals surface area contributed by atoms with Gasteiger partial charge in [-0.1, -0.05) is 18.1 Å². The number of rotatable bonds is 9. The molecular weight excluding hydrogens is 896 g/mol. The molecule has 1 amide bonds. The van der Waals surface area contributed by atoms with Crippen molar-refractivity contribution in [3.63, 3.8) is 0 Å². The SMILES string of the molecule is Cc1cc(-n2nc3c(c2-n2ccn(-c4ccc(P(C)(C)=O)c(OC(F)(F)F)c4)c2=O)[C@H](C)N(C(=O)c2cc4cc(C5CCOCC5)ccc4n2[C@@]2(c4noc(=O)[nH]4)C[C@@H]2C)CC3)cc(C)c1F. The molecule has 3 atom stereocenters. The van der Waals surface area contributed by atoms with E-state index in [4.69, 9.17) is 14.4 Å². The maximum atomic E-state index is 15.5. The largest absolute Gasteiger partial charge is 0.573 e. The molecule has 0 unspecified atom stereocenters. The van der Waals surface area contributed by atoms with Gasteiger partial charge < -0.3 is 23.5 Å². The second-order valence-electron chi connectivity index (χ2n) is 18.3. The van der Waals surface area contributed by atoms with Gasteiger partial charge >= 0.3 is 17.8 Å². The van der Waals surface area contributed by atoms with Gasteiger partial charge in [-0.2, -0.15) is 5.10 Å². The Kier molecular flexibility index (Phi) is 10.5. The van der Waals surface area contributed by atoms with Crippen molar-refractivity contribution < 1.29 is 40.9 Å². The van der Waals surface area contributed by atoms with Crippen LogP contribution in [0.5, 0.6) is 5.75 Å². The molecule has 1 N–H and O–H groups in total. The number of aromatic nitrogens is 7. The average Bonchev–Trinajstić information content (AvgIpc) is 3.77. The predicted molar refractivity (Wildman–Crippen MR) is 240 cm³/mol. The highest BCUT2D eigenvalue weighted by atomic mass is 31.2. The van der Waals surface area contributed by atoms with Crippen molar-refractivity contribution in [1.82, 2.24) is 38.5 Å². The summed E-state index contributed by atoms with van der Waals surface area (Å²) in [6.07, 6.45) is 0.285. The van der Waals surface area contributed by atoms with Crippen LogP contribution in [-0.4, -0.2) is 83.9 Å². The number of fused-ring (bicyclic) bond motifs is 2. The lowest BCUT2D eigenvalue weighted by molar-refractivity contribution is -0.274. The summed E-state index contributed by atoms with van der Waals surface area (Å²) < 4.78 is 90.0. The summed E-state index contributed by atoms with van der Waals surface area (Å²) in [6.45, 7) is 11.3. The molecule has 2 fully saturated rings. The van der Waals surface area contributed by atoms with Crippen molar-refractivity contribution in [2.45, 2.75) is 77.2 Å². The topological polar surface area (TPSA) is 164 Å². The number of benzene rings is 3. The summed E-state index contributed by atoms with van der Waals surface area (Å²) >= 11 is 0. The number of nitrogens with one attached hydrogen (secondary N) is 1. The molecule has 0 bridgehead atoms. The molecule has 7 aromatic rings. The number of carbonyl (C=O) groups is 1. The molecule has 350 valence electrons. The summed E-state index contributed by atoms with van der Waals surface area (Å²) in [5.41, 5.74) is 2.85. The lowest BCUT2D eigenvalue weighted by atomic mass is 9.91. The van der Waals surface area contributed by atoms with Crippen LogP contribution in [0.1, 0.15) is 89.3 Å². The minimum Gasteiger partial charge on any atom is -0.405 e. The van der Waals surface area contributed by atoms with E-state index in [2.05, 4.69) is 27.0 Å². The van der Waals surface area contributed by atoms with Crippen LogP contribution in [0.2, 0.25) is 0 Å². The van der Waals surface area contributed by atoms with Crippen LogP contribution in [0.25, 0.3) is 28.1 Å². The van der Waals surface area contributed by atoms with E-state index in [1.807, 2.05) is 30.5 Å². The number of imidazole rings is 1. The van der Waals surface area contributed by atoms with Crippen LogP contribution in [0.3, 0.4) is 0 Å². The maximum absolute atomic E-state index is 15.5. The first-order valence-electron chi connectivity index (χ1n) is 22.0. The highest BCUT2D eigenvalue weighted by molar-refractivity contribution is 7.70. The Hall–Kier alpha value is -6.46. The maximum Gasteiger partial charge on any atom is 0.573 e. The minimum atomic E-state index is -5.11. The number of alkyl halides is 3. The molecule has 6 heterocycles. The Bertz CT molecular complexity index is 3290. The summed E-state index contributed by atoms with van der Waals surface area (Å²) in [7, 11) is -3.27. The van der Waals surface area contributed by atoms with Gasteiger partial charge in [-0.3, -0.25) is 23.4 Å². The van der Waals surface area contributed by atoms with Crippen LogP contribution in [-0.2, 0) is 21.3 Å². The highest BCUT2D eigenvalue weighted by Crippen LogP contribution is 2.56. The van der Waals surface area contributed by atoms with E-state index in [0.29, 0.717) is 59.2 Å². The van der Waals surface area contributed by atoms with E-state index < -0.39 is 48.1 Å². The van der Waals surface area contributed by atoms with E-state index in [1.165, 1.54) is 47.1 Å². The lowest BCUT2D eigenvalue weighted by Gasteiger charge is -2.34.